The Balaban J connectivity index is 1.58. The Labute approximate surface area is 220 Å². The molecule has 2 saturated heterocycles. The van der Waals surface area contributed by atoms with Crippen molar-refractivity contribution in [2.24, 2.45) is 0 Å². The summed E-state index contributed by atoms with van der Waals surface area (Å²) in [6.45, 7) is 7.78. The number of amides is 2. The Kier molecular flexibility index (Phi) is 7.43. The molecule has 0 unspecified atom stereocenters. The van der Waals surface area contributed by atoms with E-state index in [0.29, 0.717) is 59.6 Å². The molecule has 0 bridgehead atoms. The van der Waals surface area contributed by atoms with Crippen LogP contribution in [0.15, 0.2) is 43.1 Å². The van der Waals surface area contributed by atoms with Crippen LogP contribution >= 0.6 is 11.6 Å². The number of hydrogen-bond acceptors (Lipinski definition) is 6. The molecular weight excluding hydrogens is 494 g/mol. The highest BCUT2D eigenvalue weighted by Gasteiger charge is 2.29. The zero-order chi connectivity index (χ0) is 25.9. The van der Waals surface area contributed by atoms with Gasteiger partial charge in [-0.3, -0.25) is 19.9 Å². The lowest BCUT2D eigenvalue weighted by Crippen LogP contribution is -2.38. The summed E-state index contributed by atoms with van der Waals surface area (Å²) in [7, 11) is 0. The third-order valence-electron chi connectivity index (χ3n) is 6.82. The predicted octanol–water partition coefficient (Wildman–Crippen LogP) is 4.42. The number of nitrogens with zero attached hydrogens (tertiary/aromatic N) is 4. The Morgan fingerprint density at radius 3 is 2.86 bits per heavy atom. The van der Waals surface area contributed by atoms with Gasteiger partial charge in [0.25, 0.3) is 5.91 Å². The molecule has 0 radical (unpaired) electrons. The fourth-order valence-electron chi connectivity index (χ4n) is 4.77. The Bertz CT molecular complexity index is 1340. The number of fused-ring (bicyclic) bond motifs is 1. The van der Waals surface area contributed by atoms with Crippen molar-refractivity contribution in [2.45, 2.75) is 44.8 Å². The van der Waals surface area contributed by atoms with Gasteiger partial charge in [0, 0.05) is 30.5 Å². The maximum absolute atomic E-state index is 13.3. The molecule has 2 aliphatic heterocycles. The zero-order valence-corrected chi connectivity index (χ0v) is 21.5. The van der Waals surface area contributed by atoms with Gasteiger partial charge in [-0.05, 0) is 56.0 Å². The quantitative estimate of drug-likeness (QED) is 0.460. The van der Waals surface area contributed by atoms with Crippen molar-refractivity contribution in [3.05, 3.63) is 59.4 Å². The van der Waals surface area contributed by atoms with Crippen molar-refractivity contribution in [2.75, 3.05) is 31.6 Å². The minimum absolute atomic E-state index is 0.0523. The van der Waals surface area contributed by atoms with Gasteiger partial charge in [0.05, 0.1) is 30.3 Å². The molecule has 0 saturated carbocycles. The average molecular weight is 524 g/mol. The number of hydrogen-bond donors (Lipinski definition) is 1. The molecule has 3 aromatic rings. The van der Waals surface area contributed by atoms with Crippen LogP contribution in [0.25, 0.3) is 11.0 Å². The molecule has 9 nitrogen and oxygen atoms in total. The van der Waals surface area contributed by atoms with Gasteiger partial charge in [-0.1, -0.05) is 25.1 Å². The fraction of sp³-hybridized carbons (Fsp3) is 0.407. The molecule has 37 heavy (non-hydrogen) atoms. The molecule has 2 amide bonds. The van der Waals surface area contributed by atoms with Crippen molar-refractivity contribution < 1.29 is 19.1 Å². The highest BCUT2D eigenvalue weighted by molar-refractivity contribution is 6.36. The van der Waals surface area contributed by atoms with Gasteiger partial charge < -0.3 is 18.9 Å². The number of rotatable bonds is 7. The number of anilines is 1. The molecule has 0 aliphatic carbocycles. The van der Waals surface area contributed by atoms with Crippen LogP contribution in [-0.2, 0) is 16.0 Å². The first-order valence-electron chi connectivity index (χ1n) is 12.6. The van der Waals surface area contributed by atoms with Gasteiger partial charge in [-0.25, -0.2) is 4.98 Å². The minimum Gasteiger partial charge on any atom is -0.484 e. The van der Waals surface area contributed by atoms with Gasteiger partial charge in [0.15, 0.2) is 0 Å². The van der Waals surface area contributed by atoms with Crippen molar-refractivity contribution in [3.63, 3.8) is 0 Å². The van der Waals surface area contributed by atoms with Crippen LogP contribution in [0, 0.1) is 0 Å². The van der Waals surface area contributed by atoms with Crippen molar-refractivity contribution >= 4 is 40.4 Å². The second kappa shape index (κ2) is 10.9. The summed E-state index contributed by atoms with van der Waals surface area (Å²) < 4.78 is 13.2. The average Bonchev–Trinajstić information content (AvgIpc) is 3.08. The summed E-state index contributed by atoms with van der Waals surface area (Å²) in [6, 6.07) is 6.93. The number of nitrogens with one attached hydrogen (secondary N) is 1. The number of carbonyl (C=O) groups is 2. The third-order valence-corrected chi connectivity index (χ3v) is 7.19. The standard InChI is InChI=1S/C27H30ClN5O4/c1-3-18-13-17(10-11-29-18)26(35)31-27-30-21-8-9-22(37-20-15-36-16-20)24(28)25(21)33(27)19-7-5-6-12-32(14-19)23(34)4-2/h4,8-11,13,19-20H,2-3,5-7,12,14-16H2,1H3,(H,30,31,35)/t19-/m1/s1. The number of aryl methyl sites for hydroxylation is 1. The molecule has 2 aromatic heterocycles. The van der Waals surface area contributed by atoms with Crippen LogP contribution in [0.1, 0.15) is 48.3 Å². The number of aromatic nitrogens is 3. The van der Waals surface area contributed by atoms with E-state index in [4.69, 9.17) is 26.1 Å². The second-order valence-electron chi connectivity index (χ2n) is 9.31. The summed E-state index contributed by atoms with van der Waals surface area (Å²) in [5.41, 5.74) is 2.62. The van der Waals surface area contributed by atoms with E-state index in [1.165, 1.54) is 6.08 Å². The zero-order valence-electron chi connectivity index (χ0n) is 20.8. The number of pyridine rings is 1. The van der Waals surface area contributed by atoms with E-state index in [1.54, 1.807) is 29.3 Å². The molecule has 1 aromatic carbocycles. The van der Waals surface area contributed by atoms with E-state index in [9.17, 15) is 9.59 Å². The molecular formula is C27H30ClN5O4. The van der Waals surface area contributed by atoms with E-state index in [-0.39, 0.29) is 24.0 Å². The number of imidazole rings is 1. The van der Waals surface area contributed by atoms with Crippen molar-refractivity contribution in [1.82, 2.24) is 19.4 Å². The Hall–Kier alpha value is -3.43. The van der Waals surface area contributed by atoms with E-state index in [1.807, 2.05) is 17.6 Å². The van der Waals surface area contributed by atoms with Crippen LogP contribution in [0.5, 0.6) is 5.75 Å². The number of ether oxygens (including phenoxy) is 2. The summed E-state index contributed by atoms with van der Waals surface area (Å²) in [5, 5.41) is 3.41. The van der Waals surface area contributed by atoms with Crippen LogP contribution in [0.3, 0.4) is 0 Å². The summed E-state index contributed by atoms with van der Waals surface area (Å²) in [5.74, 6) is 0.501. The second-order valence-corrected chi connectivity index (χ2v) is 9.69. The van der Waals surface area contributed by atoms with Crippen molar-refractivity contribution in [3.8, 4) is 5.75 Å². The van der Waals surface area contributed by atoms with E-state index in [2.05, 4.69) is 16.9 Å². The molecule has 1 atom stereocenters. The van der Waals surface area contributed by atoms with Crippen LogP contribution in [0.2, 0.25) is 5.02 Å². The van der Waals surface area contributed by atoms with E-state index in [0.717, 1.165) is 31.4 Å². The summed E-state index contributed by atoms with van der Waals surface area (Å²) >= 11 is 6.92. The van der Waals surface area contributed by atoms with Gasteiger partial charge >= 0.3 is 0 Å². The van der Waals surface area contributed by atoms with Crippen LogP contribution in [0.4, 0.5) is 5.95 Å². The Morgan fingerprint density at radius 1 is 1.30 bits per heavy atom. The lowest BCUT2D eigenvalue weighted by molar-refractivity contribution is -0.126. The maximum atomic E-state index is 13.3. The molecule has 5 rings (SSSR count). The van der Waals surface area contributed by atoms with Gasteiger partial charge in [0.1, 0.15) is 16.9 Å². The lowest BCUT2D eigenvalue weighted by atomic mass is 10.1. The first-order chi connectivity index (χ1) is 18.0. The number of halogens is 1. The summed E-state index contributed by atoms with van der Waals surface area (Å²) in [4.78, 5) is 36.7. The smallest absolute Gasteiger partial charge is 0.258 e. The summed E-state index contributed by atoms with van der Waals surface area (Å²) in [6.07, 6.45) is 6.23. The number of likely N-dealkylation sites (tertiary alicyclic amines) is 1. The third kappa shape index (κ3) is 5.19. The molecule has 0 spiro atoms. The normalized spacial score (nSPS) is 18.2. The molecule has 2 aliphatic rings. The monoisotopic (exact) mass is 523 g/mol. The highest BCUT2D eigenvalue weighted by Crippen LogP contribution is 2.39. The SMILES string of the molecule is C=CC(=O)N1CCCC[C@@H](n2c(NC(=O)c3ccnc(CC)c3)nc3ccc(OC4COC4)c(Cl)c32)C1. The van der Waals surface area contributed by atoms with Crippen LogP contribution in [-0.4, -0.2) is 63.7 Å². The van der Waals surface area contributed by atoms with Gasteiger partial charge in [0.2, 0.25) is 11.9 Å². The first kappa shape index (κ1) is 25.2. The number of benzene rings is 1. The first-order valence-corrected chi connectivity index (χ1v) is 13.0. The van der Waals surface area contributed by atoms with Crippen LogP contribution < -0.4 is 10.1 Å². The Morgan fingerprint density at radius 2 is 2.14 bits per heavy atom. The largest absolute Gasteiger partial charge is 0.484 e. The van der Waals surface area contributed by atoms with E-state index >= 15 is 0 Å². The van der Waals surface area contributed by atoms with Gasteiger partial charge in [-0.2, -0.15) is 0 Å². The maximum Gasteiger partial charge on any atom is 0.258 e. The highest BCUT2D eigenvalue weighted by atomic mass is 35.5. The molecule has 2 fully saturated rings. The molecule has 194 valence electrons. The molecule has 1 N–H and O–H groups in total. The topological polar surface area (TPSA) is 98.6 Å². The van der Waals surface area contributed by atoms with E-state index < -0.39 is 0 Å². The molecule has 4 heterocycles. The molecule has 10 heteroatoms. The minimum atomic E-state index is -0.291. The lowest BCUT2D eigenvalue weighted by Gasteiger charge is -2.28. The van der Waals surface area contributed by atoms with Gasteiger partial charge in [-0.15, -0.1) is 0 Å². The fourth-order valence-corrected chi connectivity index (χ4v) is 5.07. The predicted molar refractivity (Wildman–Crippen MR) is 141 cm³/mol. The van der Waals surface area contributed by atoms with Crippen molar-refractivity contribution in [1.29, 1.82) is 0 Å². The number of carbonyl (C=O) groups excluding carboxylic acids is 2.